The molecule has 0 fully saturated rings. The van der Waals surface area contributed by atoms with Crippen LogP contribution in [0.15, 0.2) is 53.9 Å². The van der Waals surface area contributed by atoms with Crippen molar-refractivity contribution in [1.82, 2.24) is 14.4 Å². The van der Waals surface area contributed by atoms with E-state index in [2.05, 4.69) is 9.97 Å². The molecule has 0 aliphatic heterocycles. The average molecular weight is 309 g/mol. The van der Waals surface area contributed by atoms with Gasteiger partial charge in [0.2, 0.25) is 0 Å². The van der Waals surface area contributed by atoms with Crippen LogP contribution in [-0.4, -0.2) is 14.4 Å². The minimum atomic E-state index is -4.35. The van der Waals surface area contributed by atoms with Gasteiger partial charge < -0.3 is 4.40 Å². The lowest BCUT2D eigenvalue weighted by Crippen LogP contribution is -2.05. The van der Waals surface area contributed by atoms with E-state index in [9.17, 15) is 13.2 Å². The Bertz CT molecular complexity index is 717. The molecule has 0 N–H and O–H groups in total. The zero-order valence-corrected chi connectivity index (χ0v) is 11.5. The van der Waals surface area contributed by atoms with Crippen molar-refractivity contribution in [2.75, 3.05) is 0 Å². The van der Waals surface area contributed by atoms with Crippen molar-refractivity contribution in [3.05, 3.63) is 60.2 Å². The van der Waals surface area contributed by atoms with Gasteiger partial charge in [0.25, 0.3) is 0 Å². The van der Waals surface area contributed by atoms with Crippen LogP contribution in [-0.2, 0) is 11.9 Å². The molecule has 0 spiro atoms. The zero-order valence-electron chi connectivity index (χ0n) is 10.7. The van der Waals surface area contributed by atoms with Gasteiger partial charge in [0.15, 0.2) is 0 Å². The van der Waals surface area contributed by atoms with Gasteiger partial charge in [0.1, 0.15) is 5.65 Å². The van der Waals surface area contributed by atoms with Gasteiger partial charge in [-0.05, 0) is 24.3 Å². The number of rotatable bonds is 3. The normalized spacial score (nSPS) is 12.0. The lowest BCUT2D eigenvalue weighted by atomic mass is 10.3. The Morgan fingerprint density at radius 1 is 1.14 bits per heavy atom. The van der Waals surface area contributed by atoms with Crippen LogP contribution in [0, 0.1) is 0 Å². The zero-order chi connectivity index (χ0) is 14.9. The quantitative estimate of drug-likeness (QED) is 0.684. The Balaban J connectivity index is 1.69. The number of aromatic nitrogens is 3. The third-order valence-electron chi connectivity index (χ3n) is 2.85. The molecule has 0 unspecified atom stereocenters. The van der Waals surface area contributed by atoms with Crippen molar-refractivity contribution in [1.29, 1.82) is 0 Å². The van der Waals surface area contributed by atoms with Crippen LogP contribution in [0.1, 0.15) is 11.3 Å². The maximum atomic E-state index is 12.4. The molecule has 3 aromatic rings. The van der Waals surface area contributed by atoms with Gasteiger partial charge in [-0.15, -0.1) is 0 Å². The van der Waals surface area contributed by atoms with E-state index in [1.807, 2.05) is 35.0 Å². The highest BCUT2D eigenvalue weighted by Gasteiger charge is 2.30. The molecule has 0 aliphatic carbocycles. The van der Waals surface area contributed by atoms with Gasteiger partial charge in [0, 0.05) is 24.3 Å². The second kappa shape index (κ2) is 5.40. The monoisotopic (exact) mass is 309 g/mol. The lowest BCUT2D eigenvalue weighted by Gasteiger charge is -2.06. The second-order valence-electron chi connectivity index (χ2n) is 4.37. The molecule has 3 nitrogen and oxygen atoms in total. The first kappa shape index (κ1) is 13.9. The Labute approximate surface area is 122 Å². The molecule has 0 amide bonds. The van der Waals surface area contributed by atoms with Crippen LogP contribution in [0.4, 0.5) is 13.2 Å². The average Bonchev–Trinajstić information content (AvgIpc) is 2.87. The van der Waals surface area contributed by atoms with E-state index in [0.29, 0.717) is 10.8 Å². The number of halogens is 3. The number of pyridine rings is 2. The number of fused-ring (bicyclic) bond motifs is 1. The molecule has 0 radical (unpaired) electrons. The number of alkyl halides is 3. The smallest absolute Gasteiger partial charge is 0.307 e. The summed E-state index contributed by atoms with van der Waals surface area (Å²) in [7, 11) is 0. The van der Waals surface area contributed by atoms with Crippen LogP contribution in [0.25, 0.3) is 5.65 Å². The highest BCUT2D eigenvalue weighted by Crippen LogP contribution is 2.30. The van der Waals surface area contributed by atoms with Gasteiger partial charge in [-0.1, -0.05) is 17.8 Å². The Kier molecular flexibility index (Phi) is 3.59. The predicted octanol–water partition coefficient (Wildman–Crippen LogP) is 4.04. The predicted molar refractivity (Wildman–Crippen MR) is 74.0 cm³/mol. The van der Waals surface area contributed by atoms with E-state index in [1.165, 1.54) is 17.8 Å². The van der Waals surface area contributed by atoms with Gasteiger partial charge in [-0.2, -0.15) is 13.2 Å². The van der Waals surface area contributed by atoms with E-state index >= 15 is 0 Å². The summed E-state index contributed by atoms with van der Waals surface area (Å²) in [6.07, 6.45) is 0.295. The van der Waals surface area contributed by atoms with E-state index in [1.54, 1.807) is 0 Å². The summed E-state index contributed by atoms with van der Waals surface area (Å²) in [6, 6.07) is 8.12. The van der Waals surface area contributed by atoms with E-state index in [4.69, 9.17) is 0 Å². The fourth-order valence-corrected chi connectivity index (χ4v) is 2.56. The fraction of sp³-hybridized carbons (Fsp3) is 0.143. The largest absolute Gasteiger partial charge is 0.417 e. The van der Waals surface area contributed by atoms with Gasteiger partial charge in [-0.3, -0.25) is 0 Å². The summed E-state index contributed by atoms with van der Waals surface area (Å²) in [5.41, 5.74) is 0.959. The molecule has 0 aromatic carbocycles. The minimum absolute atomic E-state index is 0.542. The highest BCUT2D eigenvalue weighted by molar-refractivity contribution is 7.98. The number of hydrogen-bond donors (Lipinski definition) is 0. The van der Waals surface area contributed by atoms with Gasteiger partial charge in [0.05, 0.1) is 16.3 Å². The first-order valence-corrected chi connectivity index (χ1v) is 7.09. The van der Waals surface area contributed by atoms with E-state index in [-0.39, 0.29) is 0 Å². The van der Waals surface area contributed by atoms with Crippen molar-refractivity contribution in [3.8, 4) is 0 Å². The minimum Gasteiger partial charge on any atom is -0.307 e. The Morgan fingerprint density at radius 2 is 2.00 bits per heavy atom. The second-order valence-corrected chi connectivity index (χ2v) is 5.37. The molecular formula is C14H10F3N3S. The molecular weight excluding hydrogens is 299 g/mol. The van der Waals surface area contributed by atoms with E-state index < -0.39 is 11.7 Å². The third kappa shape index (κ3) is 3.18. The number of nitrogens with zero attached hydrogens (tertiary/aromatic N) is 3. The Hall–Kier alpha value is -2.02. The molecule has 3 rings (SSSR count). The molecule has 0 saturated carbocycles. The van der Waals surface area contributed by atoms with Crippen molar-refractivity contribution >= 4 is 17.4 Å². The van der Waals surface area contributed by atoms with Crippen LogP contribution in [0.5, 0.6) is 0 Å². The fourth-order valence-electron chi connectivity index (χ4n) is 1.84. The molecule has 7 heteroatoms. The van der Waals surface area contributed by atoms with E-state index in [0.717, 1.165) is 23.6 Å². The summed E-state index contributed by atoms with van der Waals surface area (Å²) in [5, 5.41) is 0.542. The summed E-state index contributed by atoms with van der Waals surface area (Å²) < 4.78 is 39.2. The molecule has 21 heavy (non-hydrogen) atoms. The topological polar surface area (TPSA) is 30.2 Å². The molecule has 108 valence electrons. The number of thioether (sulfide) groups is 1. The SMILES string of the molecule is FC(F)(F)c1ccc(SCc2cn3ccccc3n2)nc1. The van der Waals surface area contributed by atoms with Crippen molar-refractivity contribution < 1.29 is 13.2 Å². The van der Waals surface area contributed by atoms with Crippen LogP contribution in [0.2, 0.25) is 0 Å². The molecule has 0 saturated heterocycles. The summed E-state index contributed by atoms with van der Waals surface area (Å²) >= 11 is 1.35. The lowest BCUT2D eigenvalue weighted by molar-refractivity contribution is -0.137. The summed E-state index contributed by atoms with van der Waals surface area (Å²) in [6.45, 7) is 0. The molecule has 3 aromatic heterocycles. The summed E-state index contributed by atoms with van der Waals surface area (Å²) in [4.78, 5) is 8.24. The first-order valence-electron chi connectivity index (χ1n) is 6.11. The van der Waals surface area contributed by atoms with Crippen molar-refractivity contribution in [2.45, 2.75) is 17.0 Å². The van der Waals surface area contributed by atoms with Gasteiger partial charge in [-0.25, -0.2) is 9.97 Å². The molecule has 0 atom stereocenters. The number of hydrogen-bond acceptors (Lipinski definition) is 3. The van der Waals surface area contributed by atoms with Gasteiger partial charge >= 0.3 is 6.18 Å². The maximum absolute atomic E-state index is 12.4. The highest BCUT2D eigenvalue weighted by atomic mass is 32.2. The molecule has 3 heterocycles. The first-order chi connectivity index (χ1) is 10.0. The molecule has 0 bridgehead atoms. The standard InChI is InChI=1S/C14H10F3N3S/c15-14(16,17)10-4-5-13(18-7-10)21-9-11-8-20-6-2-1-3-12(20)19-11/h1-8H,9H2. The third-order valence-corrected chi connectivity index (χ3v) is 3.82. The van der Waals surface area contributed by atoms with Crippen LogP contribution in [0.3, 0.4) is 0 Å². The van der Waals surface area contributed by atoms with Crippen LogP contribution < -0.4 is 0 Å². The van der Waals surface area contributed by atoms with Crippen molar-refractivity contribution in [3.63, 3.8) is 0 Å². The number of imidazole rings is 1. The van der Waals surface area contributed by atoms with Crippen molar-refractivity contribution in [2.24, 2.45) is 0 Å². The summed E-state index contributed by atoms with van der Waals surface area (Å²) in [5.74, 6) is 0.556. The Morgan fingerprint density at radius 3 is 2.67 bits per heavy atom. The van der Waals surface area contributed by atoms with Crippen LogP contribution >= 0.6 is 11.8 Å². The molecule has 0 aliphatic rings. The maximum Gasteiger partial charge on any atom is 0.417 e.